The van der Waals surface area contributed by atoms with Crippen molar-refractivity contribution >= 4 is 6.09 Å². The van der Waals surface area contributed by atoms with E-state index in [0.29, 0.717) is 18.7 Å². The summed E-state index contributed by atoms with van der Waals surface area (Å²) >= 11 is 0. The van der Waals surface area contributed by atoms with Crippen molar-refractivity contribution in [3.05, 3.63) is 35.6 Å². The Kier molecular flexibility index (Phi) is 4.52. The van der Waals surface area contributed by atoms with Crippen molar-refractivity contribution in [2.45, 2.75) is 32.3 Å². The van der Waals surface area contributed by atoms with Crippen LogP contribution in [0.15, 0.2) is 24.3 Å². The van der Waals surface area contributed by atoms with Crippen molar-refractivity contribution < 1.29 is 19.0 Å². The summed E-state index contributed by atoms with van der Waals surface area (Å²) in [5.41, 5.74) is -0.0235. The Morgan fingerprint density at radius 3 is 2.62 bits per heavy atom. The molecule has 2 unspecified atom stereocenters. The molecule has 0 radical (unpaired) electrons. The molecule has 0 spiro atoms. The maximum Gasteiger partial charge on any atom is 0.410 e. The zero-order valence-electron chi connectivity index (χ0n) is 12.7. The van der Waals surface area contributed by atoms with E-state index in [1.807, 2.05) is 0 Å². The molecule has 1 fully saturated rings. The predicted molar refractivity (Wildman–Crippen MR) is 77.5 cm³/mol. The second kappa shape index (κ2) is 6.02. The summed E-state index contributed by atoms with van der Waals surface area (Å²) in [6, 6.07) is 6.51. The molecular weight excluding hydrogens is 273 g/mol. The Labute approximate surface area is 124 Å². The maximum atomic E-state index is 13.9. The molecule has 1 N–H and O–H groups in total. The third-order valence-electron chi connectivity index (χ3n) is 3.63. The normalized spacial score (nSPS) is 22.4. The Morgan fingerprint density at radius 1 is 1.38 bits per heavy atom. The number of aliphatic hydroxyl groups excluding tert-OH is 1. The van der Waals surface area contributed by atoms with Gasteiger partial charge in [0.2, 0.25) is 0 Å². The first kappa shape index (κ1) is 15.8. The number of likely N-dealkylation sites (tertiary alicyclic amines) is 1. The molecule has 0 bridgehead atoms. The molecular formula is C16H22FNO3. The Morgan fingerprint density at radius 2 is 2.05 bits per heavy atom. The monoisotopic (exact) mass is 295 g/mol. The highest BCUT2D eigenvalue weighted by atomic mass is 19.1. The van der Waals surface area contributed by atoms with Gasteiger partial charge >= 0.3 is 6.09 Å². The minimum atomic E-state index is -0.568. The van der Waals surface area contributed by atoms with Gasteiger partial charge in [0.1, 0.15) is 11.4 Å². The first-order chi connectivity index (χ1) is 9.81. The number of carbonyl (C=O) groups excluding carboxylic acids is 1. The lowest BCUT2D eigenvalue weighted by Crippen LogP contribution is -2.35. The number of carbonyl (C=O) groups is 1. The van der Waals surface area contributed by atoms with Crippen molar-refractivity contribution in [2.75, 3.05) is 19.7 Å². The van der Waals surface area contributed by atoms with Gasteiger partial charge in [0.05, 0.1) is 0 Å². The van der Waals surface area contributed by atoms with E-state index in [2.05, 4.69) is 0 Å². The molecule has 1 heterocycles. The van der Waals surface area contributed by atoms with E-state index >= 15 is 0 Å². The van der Waals surface area contributed by atoms with Gasteiger partial charge in [0, 0.05) is 31.5 Å². The lowest BCUT2D eigenvalue weighted by molar-refractivity contribution is 0.0283. The third kappa shape index (κ3) is 3.73. The summed E-state index contributed by atoms with van der Waals surface area (Å²) in [5.74, 6) is -0.676. The standard InChI is InChI=1S/C16H22FNO3/c1-16(2,3)21-15(20)18-8-11(10-19)13(9-18)12-6-4-5-7-14(12)17/h4-7,11,13,19H,8-10H2,1-3H3. The molecule has 5 heteroatoms. The lowest BCUT2D eigenvalue weighted by atomic mass is 9.89. The van der Waals surface area contributed by atoms with Crippen molar-refractivity contribution in [1.82, 2.24) is 4.90 Å². The van der Waals surface area contributed by atoms with Crippen LogP contribution in [-0.2, 0) is 4.74 Å². The van der Waals surface area contributed by atoms with Gasteiger partial charge in [0.25, 0.3) is 0 Å². The van der Waals surface area contributed by atoms with Gasteiger partial charge in [-0.05, 0) is 32.4 Å². The molecule has 1 amide bonds. The molecule has 4 nitrogen and oxygen atoms in total. The fraction of sp³-hybridized carbons (Fsp3) is 0.562. The summed E-state index contributed by atoms with van der Waals surface area (Å²) in [5, 5.41) is 9.52. The van der Waals surface area contributed by atoms with E-state index < -0.39 is 11.7 Å². The highest BCUT2D eigenvalue weighted by Crippen LogP contribution is 2.34. The first-order valence-corrected chi connectivity index (χ1v) is 7.15. The van der Waals surface area contributed by atoms with Crippen molar-refractivity contribution in [3.8, 4) is 0 Å². The van der Waals surface area contributed by atoms with Crippen LogP contribution in [0.1, 0.15) is 32.3 Å². The predicted octanol–water partition coefficient (Wildman–Crippen LogP) is 2.77. The van der Waals surface area contributed by atoms with Crippen LogP contribution in [0.3, 0.4) is 0 Å². The number of amides is 1. The molecule has 1 aromatic carbocycles. The van der Waals surface area contributed by atoms with Crippen molar-refractivity contribution in [3.63, 3.8) is 0 Å². The smallest absolute Gasteiger partial charge is 0.410 e. The molecule has 2 rings (SSSR count). The molecule has 2 atom stereocenters. The zero-order valence-corrected chi connectivity index (χ0v) is 12.7. The summed E-state index contributed by atoms with van der Waals surface area (Å²) in [4.78, 5) is 13.7. The van der Waals surface area contributed by atoms with E-state index in [-0.39, 0.29) is 24.3 Å². The Hall–Kier alpha value is -1.62. The maximum absolute atomic E-state index is 13.9. The average Bonchev–Trinajstić information content (AvgIpc) is 2.81. The van der Waals surface area contributed by atoms with E-state index in [0.717, 1.165) is 0 Å². The van der Waals surface area contributed by atoms with Gasteiger partial charge in [-0.2, -0.15) is 0 Å². The Bertz CT molecular complexity index is 512. The number of rotatable bonds is 2. The number of hydrogen-bond acceptors (Lipinski definition) is 3. The second-order valence-electron chi connectivity index (χ2n) is 6.46. The van der Waals surface area contributed by atoms with Gasteiger partial charge in [-0.3, -0.25) is 0 Å². The second-order valence-corrected chi connectivity index (χ2v) is 6.46. The quantitative estimate of drug-likeness (QED) is 0.912. The minimum Gasteiger partial charge on any atom is -0.444 e. The molecule has 116 valence electrons. The van der Waals surface area contributed by atoms with Gasteiger partial charge in [-0.1, -0.05) is 18.2 Å². The van der Waals surface area contributed by atoms with E-state index in [1.165, 1.54) is 6.07 Å². The van der Waals surface area contributed by atoms with E-state index in [4.69, 9.17) is 4.74 Å². The number of benzene rings is 1. The van der Waals surface area contributed by atoms with Gasteiger partial charge in [0.15, 0.2) is 0 Å². The number of hydrogen-bond donors (Lipinski definition) is 1. The first-order valence-electron chi connectivity index (χ1n) is 7.15. The van der Waals surface area contributed by atoms with E-state index in [9.17, 15) is 14.3 Å². The summed E-state index contributed by atoms with van der Waals surface area (Å²) < 4.78 is 19.3. The van der Waals surface area contributed by atoms with Crippen LogP contribution >= 0.6 is 0 Å². The number of ether oxygens (including phenoxy) is 1. The molecule has 0 aromatic heterocycles. The van der Waals surface area contributed by atoms with Crippen LogP contribution in [0.5, 0.6) is 0 Å². The van der Waals surface area contributed by atoms with Crippen LogP contribution in [0.25, 0.3) is 0 Å². The average molecular weight is 295 g/mol. The fourth-order valence-corrected chi connectivity index (χ4v) is 2.66. The minimum absolute atomic E-state index is 0.0850. The fourth-order valence-electron chi connectivity index (χ4n) is 2.66. The molecule has 1 saturated heterocycles. The van der Waals surface area contributed by atoms with Crippen LogP contribution in [0.4, 0.5) is 9.18 Å². The van der Waals surface area contributed by atoms with Gasteiger partial charge in [-0.25, -0.2) is 9.18 Å². The highest BCUT2D eigenvalue weighted by Gasteiger charge is 2.38. The SMILES string of the molecule is CC(C)(C)OC(=O)N1CC(CO)C(c2ccccc2F)C1. The van der Waals surface area contributed by atoms with Crippen LogP contribution in [0.2, 0.25) is 0 Å². The van der Waals surface area contributed by atoms with Crippen LogP contribution < -0.4 is 0 Å². The zero-order chi connectivity index (χ0) is 15.6. The van der Waals surface area contributed by atoms with E-state index in [1.54, 1.807) is 43.9 Å². The van der Waals surface area contributed by atoms with Crippen molar-refractivity contribution in [1.29, 1.82) is 0 Å². The summed E-state index contributed by atoms with van der Waals surface area (Å²) in [6.07, 6.45) is -0.417. The van der Waals surface area contributed by atoms with Crippen molar-refractivity contribution in [2.24, 2.45) is 5.92 Å². The number of aliphatic hydroxyl groups is 1. The number of halogens is 1. The van der Waals surface area contributed by atoms with Gasteiger partial charge < -0.3 is 14.7 Å². The largest absolute Gasteiger partial charge is 0.444 e. The third-order valence-corrected chi connectivity index (χ3v) is 3.63. The topological polar surface area (TPSA) is 49.8 Å². The molecule has 1 aliphatic heterocycles. The number of nitrogens with zero attached hydrogens (tertiary/aromatic N) is 1. The Balaban J connectivity index is 2.15. The molecule has 1 aromatic rings. The molecule has 0 saturated carbocycles. The molecule has 21 heavy (non-hydrogen) atoms. The molecule has 1 aliphatic rings. The highest BCUT2D eigenvalue weighted by molar-refractivity contribution is 5.68. The lowest BCUT2D eigenvalue weighted by Gasteiger charge is -2.24. The van der Waals surface area contributed by atoms with Gasteiger partial charge in [-0.15, -0.1) is 0 Å². The van der Waals surface area contributed by atoms with Crippen LogP contribution in [-0.4, -0.2) is 41.4 Å². The van der Waals surface area contributed by atoms with Crippen LogP contribution in [0, 0.1) is 11.7 Å². The summed E-state index contributed by atoms with van der Waals surface area (Å²) in [6.45, 7) is 6.07. The molecule has 0 aliphatic carbocycles. The summed E-state index contributed by atoms with van der Waals surface area (Å²) in [7, 11) is 0.